The predicted octanol–water partition coefficient (Wildman–Crippen LogP) is 2.40. The molecular formula is C21H29N3O3S. The fourth-order valence-electron chi connectivity index (χ4n) is 3.44. The van der Waals surface area contributed by atoms with Gasteiger partial charge in [-0.15, -0.1) is 0 Å². The van der Waals surface area contributed by atoms with Crippen LogP contribution in [0.25, 0.3) is 10.8 Å². The summed E-state index contributed by atoms with van der Waals surface area (Å²) in [5.41, 5.74) is 0. The molecule has 0 aliphatic carbocycles. The number of sulfonamides is 1. The van der Waals surface area contributed by atoms with Gasteiger partial charge in [0, 0.05) is 39.8 Å². The maximum Gasteiger partial charge on any atom is 0.243 e. The molecule has 0 unspecified atom stereocenters. The van der Waals surface area contributed by atoms with Gasteiger partial charge < -0.3 is 4.90 Å². The molecule has 0 saturated carbocycles. The minimum absolute atomic E-state index is 0.0966. The van der Waals surface area contributed by atoms with E-state index in [4.69, 9.17) is 0 Å². The molecule has 1 aliphatic heterocycles. The summed E-state index contributed by atoms with van der Waals surface area (Å²) >= 11 is 0. The molecule has 1 heterocycles. The Morgan fingerprint density at radius 3 is 2.39 bits per heavy atom. The molecule has 7 heteroatoms. The van der Waals surface area contributed by atoms with Gasteiger partial charge in [0.25, 0.3) is 0 Å². The van der Waals surface area contributed by atoms with Crippen molar-refractivity contribution in [1.29, 1.82) is 0 Å². The van der Waals surface area contributed by atoms with Gasteiger partial charge in [-0.25, -0.2) is 8.42 Å². The average molecular weight is 404 g/mol. The number of carbonyl (C=O) groups excluding carboxylic acids is 1. The maximum absolute atomic E-state index is 13.0. The van der Waals surface area contributed by atoms with Crippen molar-refractivity contribution in [3.8, 4) is 0 Å². The van der Waals surface area contributed by atoms with E-state index >= 15 is 0 Å². The van der Waals surface area contributed by atoms with Gasteiger partial charge in [0.1, 0.15) is 0 Å². The molecule has 0 atom stereocenters. The van der Waals surface area contributed by atoms with E-state index in [0.29, 0.717) is 37.6 Å². The van der Waals surface area contributed by atoms with Crippen LogP contribution in [0.5, 0.6) is 0 Å². The number of rotatable bonds is 7. The van der Waals surface area contributed by atoms with Crippen molar-refractivity contribution in [3.63, 3.8) is 0 Å². The highest BCUT2D eigenvalue weighted by atomic mass is 32.2. The lowest BCUT2D eigenvalue weighted by atomic mass is 10.1. The van der Waals surface area contributed by atoms with Gasteiger partial charge in [-0.05, 0) is 29.3 Å². The molecule has 1 aliphatic rings. The van der Waals surface area contributed by atoms with Crippen molar-refractivity contribution in [2.24, 2.45) is 0 Å². The van der Waals surface area contributed by atoms with Crippen molar-refractivity contribution < 1.29 is 13.2 Å². The van der Waals surface area contributed by atoms with Crippen LogP contribution in [0.1, 0.15) is 19.8 Å². The lowest BCUT2D eigenvalue weighted by molar-refractivity contribution is -0.131. The quantitative estimate of drug-likeness (QED) is 0.712. The second-order valence-electron chi connectivity index (χ2n) is 7.36. The summed E-state index contributed by atoms with van der Waals surface area (Å²) in [6, 6.07) is 13.0. The summed E-state index contributed by atoms with van der Waals surface area (Å²) < 4.78 is 27.6. The van der Waals surface area contributed by atoms with E-state index < -0.39 is 10.0 Å². The molecule has 0 spiro atoms. The van der Waals surface area contributed by atoms with Gasteiger partial charge in [-0.2, -0.15) is 4.31 Å². The van der Waals surface area contributed by atoms with Crippen molar-refractivity contribution in [3.05, 3.63) is 42.5 Å². The van der Waals surface area contributed by atoms with Crippen molar-refractivity contribution in [2.45, 2.75) is 24.7 Å². The largest absolute Gasteiger partial charge is 0.345 e. The van der Waals surface area contributed by atoms with Gasteiger partial charge in [0.15, 0.2) is 0 Å². The Hall–Kier alpha value is -1.96. The molecule has 0 N–H and O–H groups in total. The fraction of sp³-hybridized carbons (Fsp3) is 0.476. The number of carbonyl (C=O) groups is 1. The highest BCUT2D eigenvalue weighted by Crippen LogP contribution is 2.22. The number of hydrogen-bond acceptors (Lipinski definition) is 4. The smallest absolute Gasteiger partial charge is 0.243 e. The zero-order chi connectivity index (χ0) is 20.1. The Kier molecular flexibility index (Phi) is 6.69. The number of fused-ring (bicyclic) bond motifs is 1. The van der Waals surface area contributed by atoms with Gasteiger partial charge >= 0.3 is 0 Å². The average Bonchev–Trinajstić information content (AvgIpc) is 2.72. The van der Waals surface area contributed by atoms with Crippen LogP contribution in [0, 0.1) is 0 Å². The molecule has 6 nitrogen and oxygen atoms in total. The first kappa shape index (κ1) is 20.8. The molecule has 2 aromatic carbocycles. The predicted molar refractivity (Wildman–Crippen MR) is 112 cm³/mol. The first-order valence-electron chi connectivity index (χ1n) is 9.87. The van der Waals surface area contributed by atoms with Crippen LogP contribution in [0.3, 0.4) is 0 Å². The van der Waals surface area contributed by atoms with Crippen LogP contribution >= 0.6 is 0 Å². The summed E-state index contributed by atoms with van der Waals surface area (Å²) in [6.07, 6.45) is 2.06. The molecule has 2 aromatic rings. The first-order chi connectivity index (χ1) is 13.4. The lowest BCUT2D eigenvalue weighted by Gasteiger charge is -2.34. The minimum Gasteiger partial charge on any atom is -0.345 e. The standard InChI is InChI=1S/C21H29N3O3S/c1-3-4-11-22(2)21(25)17-23-12-14-24(15-13-23)28(26,27)20-10-9-18-7-5-6-8-19(18)16-20/h5-10,16H,3-4,11-15,17H2,1-2H3. The Labute approximate surface area is 167 Å². The van der Waals surface area contributed by atoms with Gasteiger partial charge in [0.05, 0.1) is 11.4 Å². The molecule has 28 heavy (non-hydrogen) atoms. The van der Waals surface area contributed by atoms with E-state index in [2.05, 4.69) is 6.92 Å². The molecule has 0 radical (unpaired) electrons. The van der Waals surface area contributed by atoms with Crippen LogP contribution in [0.15, 0.2) is 47.4 Å². The monoisotopic (exact) mass is 403 g/mol. The maximum atomic E-state index is 13.0. The summed E-state index contributed by atoms with van der Waals surface area (Å²) in [5.74, 6) is 0.0966. The van der Waals surface area contributed by atoms with Crippen LogP contribution < -0.4 is 0 Å². The Morgan fingerprint density at radius 1 is 1.04 bits per heavy atom. The van der Waals surface area contributed by atoms with Crippen LogP contribution in [-0.2, 0) is 14.8 Å². The molecule has 1 fully saturated rings. The molecular weight excluding hydrogens is 374 g/mol. The van der Waals surface area contributed by atoms with Gasteiger partial charge in [-0.1, -0.05) is 43.7 Å². The van der Waals surface area contributed by atoms with Crippen molar-refractivity contribution in [2.75, 3.05) is 46.3 Å². The number of benzene rings is 2. The molecule has 1 amide bonds. The molecule has 1 saturated heterocycles. The third kappa shape index (κ3) is 4.71. The van der Waals surface area contributed by atoms with Crippen molar-refractivity contribution in [1.82, 2.24) is 14.1 Å². The van der Waals surface area contributed by atoms with E-state index in [-0.39, 0.29) is 5.91 Å². The topological polar surface area (TPSA) is 60.9 Å². The summed E-state index contributed by atoms with van der Waals surface area (Å²) in [4.78, 5) is 16.4. The van der Waals surface area contributed by atoms with Gasteiger partial charge in [-0.3, -0.25) is 9.69 Å². The highest BCUT2D eigenvalue weighted by Gasteiger charge is 2.29. The van der Waals surface area contributed by atoms with E-state index in [1.54, 1.807) is 17.0 Å². The Morgan fingerprint density at radius 2 is 1.71 bits per heavy atom. The van der Waals surface area contributed by atoms with Crippen molar-refractivity contribution >= 4 is 26.7 Å². The van der Waals surface area contributed by atoms with E-state index in [0.717, 1.165) is 30.2 Å². The van der Waals surface area contributed by atoms with Crippen LogP contribution in [-0.4, -0.2) is 74.7 Å². The van der Waals surface area contributed by atoms with Crippen LogP contribution in [0.2, 0.25) is 0 Å². The third-order valence-corrected chi connectivity index (χ3v) is 7.22. The lowest BCUT2D eigenvalue weighted by Crippen LogP contribution is -2.51. The van der Waals surface area contributed by atoms with Crippen LogP contribution in [0.4, 0.5) is 0 Å². The zero-order valence-corrected chi connectivity index (χ0v) is 17.5. The highest BCUT2D eigenvalue weighted by molar-refractivity contribution is 7.89. The Bertz CT molecular complexity index is 921. The molecule has 0 bridgehead atoms. The summed E-state index contributed by atoms with van der Waals surface area (Å²) in [7, 11) is -1.69. The molecule has 3 rings (SSSR count). The second-order valence-corrected chi connectivity index (χ2v) is 9.30. The summed E-state index contributed by atoms with van der Waals surface area (Å²) in [6.45, 7) is 5.17. The zero-order valence-electron chi connectivity index (χ0n) is 16.7. The first-order valence-corrected chi connectivity index (χ1v) is 11.3. The van der Waals surface area contributed by atoms with E-state index in [1.165, 1.54) is 4.31 Å². The van der Waals surface area contributed by atoms with E-state index in [9.17, 15) is 13.2 Å². The SMILES string of the molecule is CCCCN(C)C(=O)CN1CCN(S(=O)(=O)c2ccc3ccccc3c2)CC1. The van der Waals surface area contributed by atoms with E-state index in [1.807, 2.05) is 42.3 Å². The minimum atomic E-state index is -3.52. The molecule has 0 aromatic heterocycles. The third-order valence-electron chi connectivity index (χ3n) is 5.32. The number of piperazine rings is 1. The number of unbranched alkanes of at least 4 members (excludes halogenated alkanes) is 1. The normalized spacial score (nSPS) is 16.4. The number of nitrogens with zero attached hydrogens (tertiary/aromatic N) is 3. The fourth-order valence-corrected chi connectivity index (χ4v) is 4.89. The second kappa shape index (κ2) is 9.03. The number of likely N-dealkylation sites (N-methyl/N-ethyl adjacent to an activating group) is 1. The molecule has 152 valence electrons. The summed E-state index contributed by atoms with van der Waals surface area (Å²) in [5, 5.41) is 1.94. The number of amides is 1. The number of hydrogen-bond donors (Lipinski definition) is 0. The Balaban J connectivity index is 1.61. The van der Waals surface area contributed by atoms with Gasteiger partial charge in [0.2, 0.25) is 15.9 Å².